The van der Waals surface area contributed by atoms with Gasteiger partial charge in [0.15, 0.2) is 0 Å². The van der Waals surface area contributed by atoms with Crippen LogP contribution in [0.25, 0.3) is 0 Å². The molecule has 2 rings (SSSR count). The van der Waals surface area contributed by atoms with Gasteiger partial charge in [-0.3, -0.25) is 0 Å². The smallest absolute Gasteiger partial charge is 0.113 e. The molecule has 4 heteroatoms. The Morgan fingerprint density at radius 2 is 2.50 bits per heavy atom. The molecule has 0 spiro atoms. The topological polar surface area (TPSA) is 45.4 Å². The number of rotatable bonds is 7. The molecule has 1 heterocycles. The van der Waals surface area contributed by atoms with E-state index >= 15 is 0 Å². The summed E-state index contributed by atoms with van der Waals surface area (Å²) in [6.07, 6.45) is 6.47. The summed E-state index contributed by atoms with van der Waals surface area (Å²) < 4.78 is 5.32. The number of aliphatic hydroxyl groups is 1. The largest absolute Gasteiger partial charge is 0.468 e. The Kier molecular flexibility index (Phi) is 5.15. The van der Waals surface area contributed by atoms with Crippen LogP contribution in [0.5, 0.6) is 0 Å². The molecule has 2 unspecified atom stereocenters. The second-order valence-corrected chi connectivity index (χ2v) is 6.18. The van der Waals surface area contributed by atoms with E-state index in [0.717, 1.165) is 23.7 Å². The molecule has 2 atom stereocenters. The lowest BCUT2D eigenvalue weighted by atomic mass is 9.86. The van der Waals surface area contributed by atoms with E-state index in [1.54, 1.807) is 6.26 Å². The van der Waals surface area contributed by atoms with E-state index in [4.69, 9.17) is 4.42 Å². The quantitative estimate of drug-likeness (QED) is 0.747. The molecule has 18 heavy (non-hydrogen) atoms. The number of nitrogens with one attached hydrogen (secondary N) is 1. The fraction of sp³-hybridized carbons (Fsp3) is 0.714. The summed E-state index contributed by atoms with van der Waals surface area (Å²) in [7, 11) is 1.98. The van der Waals surface area contributed by atoms with Gasteiger partial charge in [-0.1, -0.05) is 6.42 Å². The average molecular weight is 269 g/mol. The van der Waals surface area contributed by atoms with Crippen LogP contribution in [0.4, 0.5) is 0 Å². The Hall–Kier alpha value is -0.450. The van der Waals surface area contributed by atoms with Crippen molar-refractivity contribution in [2.24, 2.45) is 5.92 Å². The molecule has 1 saturated carbocycles. The van der Waals surface area contributed by atoms with Crippen LogP contribution in [0, 0.1) is 5.92 Å². The van der Waals surface area contributed by atoms with E-state index in [0.29, 0.717) is 5.92 Å². The Labute approximate surface area is 113 Å². The first-order chi connectivity index (χ1) is 8.80. The first-order valence-electron chi connectivity index (χ1n) is 6.70. The molecule has 0 radical (unpaired) electrons. The first kappa shape index (κ1) is 14.0. The van der Waals surface area contributed by atoms with Gasteiger partial charge in [0.2, 0.25) is 0 Å². The van der Waals surface area contributed by atoms with Crippen molar-refractivity contribution >= 4 is 11.8 Å². The normalized spacial score (nSPS) is 27.8. The highest BCUT2D eigenvalue weighted by Crippen LogP contribution is 2.38. The number of aliphatic hydroxyl groups excluding tert-OH is 1. The van der Waals surface area contributed by atoms with Crippen molar-refractivity contribution in [1.29, 1.82) is 0 Å². The fourth-order valence-corrected chi connectivity index (χ4v) is 3.94. The maximum Gasteiger partial charge on any atom is 0.113 e. The Morgan fingerprint density at radius 3 is 3.17 bits per heavy atom. The molecule has 3 nitrogen and oxygen atoms in total. The molecule has 2 N–H and O–H groups in total. The van der Waals surface area contributed by atoms with Crippen molar-refractivity contribution in [2.45, 2.75) is 37.0 Å². The third-order valence-corrected chi connectivity index (χ3v) is 5.19. The fourth-order valence-electron chi connectivity index (χ4n) is 2.97. The number of hydrogen-bond donors (Lipinski definition) is 2. The summed E-state index contributed by atoms with van der Waals surface area (Å²) in [5, 5.41) is 13.0. The predicted molar refractivity (Wildman–Crippen MR) is 75.7 cm³/mol. The minimum Gasteiger partial charge on any atom is -0.468 e. The van der Waals surface area contributed by atoms with Crippen LogP contribution in [-0.4, -0.2) is 30.1 Å². The lowest BCUT2D eigenvalue weighted by Crippen LogP contribution is -2.49. The number of thioether (sulfide) groups is 1. The molecule has 1 aromatic heterocycles. The van der Waals surface area contributed by atoms with Gasteiger partial charge in [-0.2, -0.15) is 11.8 Å². The van der Waals surface area contributed by atoms with Gasteiger partial charge in [0.1, 0.15) is 5.76 Å². The Balaban J connectivity index is 1.72. The van der Waals surface area contributed by atoms with Crippen molar-refractivity contribution in [3.05, 3.63) is 24.2 Å². The minimum atomic E-state index is -0.0226. The zero-order chi connectivity index (χ0) is 12.8. The SMILES string of the molecule is CNC1(CO)CCCC1CCSCc1ccco1. The third kappa shape index (κ3) is 3.11. The molecule has 102 valence electrons. The summed E-state index contributed by atoms with van der Waals surface area (Å²) in [5.74, 6) is 3.74. The molecular weight excluding hydrogens is 246 g/mol. The molecule has 0 saturated heterocycles. The molecule has 1 aliphatic rings. The van der Waals surface area contributed by atoms with Crippen molar-refractivity contribution in [2.75, 3.05) is 19.4 Å². The summed E-state index contributed by atoms with van der Waals surface area (Å²) in [4.78, 5) is 0. The van der Waals surface area contributed by atoms with Gasteiger partial charge in [0.05, 0.1) is 18.6 Å². The average Bonchev–Trinajstić information content (AvgIpc) is 3.04. The molecule has 1 aliphatic carbocycles. The van der Waals surface area contributed by atoms with E-state index in [-0.39, 0.29) is 12.1 Å². The van der Waals surface area contributed by atoms with E-state index < -0.39 is 0 Å². The third-order valence-electron chi connectivity index (χ3n) is 4.17. The molecule has 0 aromatic carbocycles. The number of hydrogen-bond acceptors (Lipinski definition) is 4. The lowest BCUT2D eigenvalue weighted by molar-refractivity contribution is 0.130. The molecule has 0 aliphatic heterocycles. The Bertz CT molecular complexity index is 336. The van der Waals surface area contributed by atoms with Crippen LogP contribution in [0.3, 0.4) is 0 Å². The second-order valence-electron chi connectivity index (χ2n) is 5.07. The number of likely N-dealkylation sites (N-methyl/N-ethyl adjacent to an activating group) is 1. The van der Waals surface area contributed by atoms with Crippen LogP contribution in [0.2, 0.25) is 0 Å². The van der Waals surface area contributed by atoms with Gasteiger partial charge in [-0.05, 0) is 50.1 Å². The van der Waals surface area contributed by atoms with Crippen molar-refractivity contribution in [3.63, 3.8) is 0 Å². The van der Waals surface area contributed by atoms with Gasteiger partial charge in [0, 0.05) is 5.54 Å². The number of furan rings is 1. The van der Waals surface area contributed by atoms with E-state index in [1.807, 2.05) is 30.9 Å². The minimum absolute atomic E-state index is 0.0226. The zero-order valence-corrected chi connectivity index (χ0v) is 11.8. The summed E-state index contributed by atoms with van der Waals surface area (Å²) in [6, 6.07) is 3.96. The van der Waals surface area contributed by atoms with Gasteiger partial charge in [-0.15, -0.1) is 0 Å². The first-order valence-corrected chi connectivity index (χ1v) is 7.86. The van der Waals surface area contributed by atoms with Crippen molar-refractivity contribution in [1.82, 2.24) is 5.32 Å². The molecular formula is C14H23NO2S. The van der Waals surface area contributed by atoms with Crippen molar-refractivity contribution in [3.8, 4) is 0 Å². The monoisotopic (exact) mass is 269 g/mol. The highest BCUT2D eigenvalue weighted by atomic mass is 32.2. The predicted octanol–water partition coefficient (Wildman–Crippen LogP) is 2.65. The van der Waals surface area contributed by atoms with Crippen LogP contribution in [-0.2, 0) is 5.75 Å². The summed E-state index contributed by atoms with van der Waals surface area (Å²) in [5.41, 5.74) is -0.0226. The van der Waals surface area contributed by atoms with E-state index in [9.17, 15) is 5.11 Å². The van der Waals surface area contributed by atoms with Crippen LogP contribution in [0.15, 0.2) is 22.8 Å². The highest BCUT2D eigenvalue weighted by Gasteiger charge is 2.40. The molecule has 1 fully saturated rings. The van der Waals surface area contributed by atoms with Crippen LogP contribution >= 0.6 is 11.8 Å². The standard InChI is InChI=1S/C14H23NO2S/c1-15-14(11-16)7-2-4-12(14)6-9-18-10-13-5-3-8-17-13/h3,5,8,12,15-16H,2,4,6-7,9-11H2,1H3. The van der Waals surface area contributed by atoms with E-state index in [1.165, 1.54) is 19.3 Å². The van der Waals surface area contributed by atoms with Crippen LogP contribution in [0.1, 0.15) is 31.4 Å². The highest BCUT2D eigenvalue weighted by molar-refractivity contribution is 7.98. The van der Waals surface area contributed by atoms with Gasteiger partial charge in [0.25, 0.3) is 0 Å². The summed E-state index contributed by atoms with van der Waals surface area (Å²) in [6.45, 7) is 0.261. The maximum absolute atomic E-state index is 9.61. The lowest BCUT2D eigenvalue weighted by Gasteiger charge is -2.33. The van der Waals surface area contributed by atoms with Crippen LogP contribution < -0.4 is 5.32 Å². The Morgan fingerprint density at radius 1 is 1.61 bits per heavy atom. The zero-order valence-electron chi connectivity index (χ0n) is 11.0. The molecule has 0 bridgehead atoms. The van der Waals surface area contributed by atoms with Crippen molar-refractivity contribution < 1.29 is 9.52 Å². The van der Waals surface area contributed by atoms with Gasteiger partial charge in [-0.25, -0.2) is 0 Å². The summed E-state index contributed by atoms with van der Waals surface area (Å²) >= 11 is 1.92. The molecule has 1 aromatic rings. The molecule has 0 amide bonds. The van der Waals surface area contributed by atoms with Gasteiger partial charge < -0.3 is 14.8 Å². The van der Waals surface area contributed by atoms with E-state index in [2.05, 4.69) is 5.32 Å². The second kappa shape index (κ2) is 6.64. The van der Waals surface area contributed by atoms with Gasteiger partial charge >= 0.3 is 0 Å². The maximum atomic E-state index is 9.61.